The number of nitriles is 1. The van der Waals surface area contributed by atoms with Crippen molar-refractivity contribution in [3.63, 3.8) is 0 Å². The van der Waals surface area contributed by atoms with Crippen molar-refractivity contribution in [2.24, 2.45) is 0 Å². The molecule has 0 aliphatic carbocycles. The number of Topliss-reactive ketones (excluding diaryl/α,β-unsaturated/α-hetero) is 1. The van der Waals surface area contributed by atoms with Gasteiger partial charge in [-0.1, -0.05) is 23.2 Å². The third kappa shape index (κ3) is 2.73. The van der Waals surface area contributed by atoms with Crippen LogP contribution < -0.4 is 0 Å². The normalized spacial score (nSPS) is 9.50. The Morgan fingerprint density at radius 3 is 2.64 bits per heavy atom. The van der Waals surface area contributed by atoms with E-state index < -0.39 is 0 Å². The monoisotopic (exact) mass is 227 g/mol. The molecule has 0 N–H and O–H groups in total. The topological polar surface area (TPSA) is 40.9 Å². The van der Waals surface area contributed by atoms with Crippen LogP contribution in [0.1, 0.15) is 23.2 Å². The van der Waals surface area contributed by atoms with E-state index in [1.807, 2.05) is 6.07 Å². The maximum absolute atomic E-state index is 11.4. The molecule has 4 heteroatoms. The Morgan fingerprint density at radius 2 is 2.07 bits per heavy atom. The van der Waals surface area contributed by atoms with Gasteiger partial charge in [0.15, 0.2) is 5.78 Å². The summed E-state index contributed by atoms with van der Waals surface area (Å²) in [6.07, 6.45) is 0.438. The fraction of sp³-hybridized carbons (Fsp3) is 0.200. The summed E-state index contributed by atoms with van der Waals surface area (Å²) in [7, 11) is 0. The van der Waals surface area contributed by atoms with E-state index >= 15 is 0 Å². The van der Waals surface area contributed by atoms with Gasteiger partial charge >= 0.3 is 0 Å². The average Bonchev–Trinajstić information content (AvgIpc) is 2.18. The zero-order chi connectivity index (χ0) is 10.6. The van der Waals surface area contributed by atoms with Gasteiger partial charge in [0.25, 0.3) is 0 Å². The summed E-state index contributed by atoms with van der Waals surface area (Å²) in [6, 6.07) is 6.61. The molecule has 0 aromatic heterocycles. The van der Waals surface area contributed by atoms with Gasteiger partial charge in [-0.05, 0) is 18.2 Å². The van der Waals surface area contributed by atoms with Crippen molar-refractivity contribution in [1.82, 2.24) is 0 Å². The van der Waals surface area contributed by atoms with Crippen LogP contribution >= 0.6 is 23.2 Å². The summed E-state index contributed by atoms with van der Waals surface area (Å²) < 4.78 is 0. The molecule has 0 aliphatic heterocycles. The second kappa shape index (κ2) is 4.99. The van der Waals surface area contributed by atoms with Crippen LogP contribution in [-0.2, 0) is 0 Å². The predicted octanol–water partition coefficient (Wildman–Crippen LogP) is 3.48. The van der Waals surface area contributed by atoms with E-state index in [0.717, 1.165) is 0 Å². The Kier molecular flexibility index (Phi) is 3.94. The summed E-state index contributed by atoms with van der Waals surface area (Å²) in [5.74, 6) is -0.0925. The minimum atomic E-state index is -0.0925. The third-order valence-corrected chi connectivity index (χ3v) is 2.44. The quantitative estimate of drug-likeness (QED) is 0.743. The largest absolute Gasteiger partial charge is 0.294 e. The van der Waals surface area contributed by atoms with E-state index in [-0.39, 0.29) is 18.6 Å². The summed E-state index contributed by atoms with van der Waals surface area (Å²) in [5, 5.41) is 9.09. The lowest BCUT2D eigenvalue weighted by atomic mass is 10.1. The summed E-state index contributed by atoms with van der Waals surface area (Å²) in [6.45, 7) is 0. The lowest BCUT2D eigenvalue weighted by Gasteiger charge is -2.00. The first kappa shape index (κ1) is 11.0. The molecular weight excluding hydrogens is 221 g/mol. The maximum Gasteiger partial charge on any atom is 0.163 e. The van der Waals surface area contributed by atoms with E-state index in [1.165, 1.54) is 6.07 Å². The number of carbonyl (C=O) groups is 1. The molecule has 0 unspecified atom stereocenters. The van der Waals surface area contributed by atoms with E-state index in [2.05, 4.69) is 0 Å². The standard InChI is InChI=1S/C10H7Cl2NO/c11-8-4-3-7(6-9(8)12)10(14)2-1-5-13/h3-4,6H,1-2H2. The summed E-state index contributed by atoms with van der Waals surface area (Å²) in [4.78, 5) is 11.4. The first-order valence-electron chi connectivity index (χ1n) is 4.00. The number of carbonyl (C=O) groups excluding carboxylic acids is 1. The Balaban J connectivity index is 2.82. The van der Waals surface area contributed by atoms with E-state index in [1.54, 1.807) is 12.1 Å². The molecule has 0 atom stereocenters. The van der Waals surface area contributed by atoms with Crippen LogP contribution in [0.4, 0.5) is 0 Å². The number of nitrogens with zero attached hydrogens (tertiary/aromatic N) is 1. The number of ketones is 1. The van der Waals surface area contributed by atoms with E-state index in [0.29, 0.717) is 15.6 Å². The first-order valence-corrected chi connectivity index (χ1v) is 4.76. The molecule has 72 valence electrons. The van der Waals surface area contributed by atoms with Crippen LogP contribution in [0, 0.1) is 11.3 Å². The molecule has 0 amide bonds. The van der Waals surface area contributed by atoms with Crippen molar-refractivity contribution < 1.29 is 4.79 Å². The molecule has 0 saturated heterocycles. The van der Waals surface area contributed by atoms with Crippen molar-refractivity contribution in [1.29, 1.82) is 5.26 Å². The van der Waals surface area contributed by atoms with Gasteiger partial charge in [-0.3, -0.25) is 4.79 Å². The number of hydrogen-bond acceptors (Lipinski definition) is 2. The molecule has 1 rings (SSSR count). The maximum atomic E-state index is 11.4. The van der Waals surface area contributed by atoms with E-state index in [4.69, 9.17) is 28.5 Å². The third-order valence-electron chi connectivity index (χ3n) is 1.71. The summed E-state index contributed by atoms with van der Waals surface area (Å²) in [5.41, 5.74) is 0.495. The van der Waals surface area contributed by atoms with Crippen molar-refractivity contribution in [3.05, 3.63) is 33.8 Å². The average molecular weight is 228 g/mol. The smallest absolute Gasteiger partial charge is 0.163 e. The molecule has 0 spiro atoms. The van der Waals surface area contributed by atoms with Gasteiger partial charge in [0, 0.05) is 18.4 Å². The molecule has 0 heterocycles. The van der Waals surface area contributed by atoms with Gasteiger partial charge in [-0.2, -0.15) is 5.26 Å². The van der Waals surface area contributed by atoms with Crippen molar-refractivity contribution in [2.45, 2.75) is 12.8 Å². The highest BCUT2D eigenvalue weighted by Gasteiger charge is 2.07. The molecule has 2 nitrogen and oxygen atoms in total. The highest BCUT2D eigenvalue weighted by molar-refractivity contribution is 6.42. The molecule has 0 fully saturated rings. The van der Waals surface area contributed by atoms with Gasteiger partial charge in [0.1, 0.15) is 0 Å². The predicted molar refractivity (Wildman–Crippen MR) is 55.6 cm³/mol. The second-order valence-corrected chi connectivity index (χ2v) is 3.52. The molecule has 1 aromatic rings. The Bertz CT molecular complexity index is 396. The van der Waals surface area contributed by atoms with Gasteiger partial charge in [-0.15, -0.1) is 0 Å². The molecule has 0 aliphatic rings. The molecule has 0 saturated carbocycles. The van der Waals surface area contributed by atoms with Crippen LogP contribution in [0.3, 0.4) is 0 Å². The summed E-state index contributed by atoms with van der Waals surface area (Å²) >= 11 is 11.4. The first-order chi connectivity index (χ1) is 6.65. The zero-order valence-corrected chi connectivity index (χ0v) is 8.77. The number of halogens is 2. The molecular formula is C10H7Cl2NO. The highest BCUT2D eigenvalue weighted by Crippen LogP contribution is 2.23. The van der Waals surface area contributed by atoms with Crippen molar-refractivity contribution >= 4 is 29.0 Å². The lowest BCUT2D eigenvalue weighted by molar-refractivity contribution is 0.0984. The fourth-order valence-corrected chi connectivity index (χ4v) is 1.28. The van der Waals surface area contributed by atoms with Crippen LogP contribution in [0.5, 0.6) is 0 Å². The highest BCUT2D eigenvalue weighted by atomic mass is 35.5. The molecule has 0 radical (unpaired) electrons. The second-order valence-electron chi connectivity index (χ2n) is 2.71. The Hall–Kier alpha value is -1.04. The number of benzene rings is 1. The van der Waals surface area contributed by atoms with E-state index in [9.17, 15) is 4.79 Å². The van der Waals surface area contributed by atoms with Crippen LogP contribution in [0.25, 0.3) is 0 Å². The van der Waals surface area contributed by atoms with Crippen LogP contribution in [0.15, 0.2) is 18.2 Å². The minimum absolute atomic E-state index is 0.0925. The zero-order valence-electron chi connectivity index (χ0n) is 7.26. The molecule has 0 bridgehead atoms. The van der Waals surface area contributed by atoms with Crippen molar-refractivity contribution in [2.75, 3.05) is 0 Å². The van der Waals surface area contributed by atoms with Gasteiger partial charge in [-0.25, -0.2) is 0 Å². The lowest BCUT2D eigenvalue weighted by Crippen LogP contribution is -1.97. The minimum Gasteiger partial charge on any atom is -0.294 e. The van der Waals surface area contributed by atoms with Crippen molar-refractivity contribution in [3.8, 4) is 6.07 Å². The Labute approximate surface area is 92.1 Å². The fourth-order valence-electron chi connectivity index (χ4n) is 0.983. The molecule has 1 aromatic carbocycles. The van der Waals surface area contributed by atoms with Crippen LogP contribution in [-0.4, -0.2) is 5.78 Å². The van der Waals surface area contributed by atoms with Gasteiger partial charge in [0.05, 0.1) is 16.1 Å². The number of hydrogen-bond donors (Lipinski definition) is 0. The number of rotatable bonds is 3. The van der Waals surface area contributed by atoms with Gasteiger partial charge in [0.2, 0.25) is 0 Å². The van der Waals surface area contributed by atoms with Gasteiger partial charge < -0.3 is 0 Å². The Morgan fingerprint density at radius 1 is 1.36 bits per heavy atom. The SMILES string of the molecule is N#CCCC(=O)c1ccc(Cl)c(Cl)c1. The van der Waals surface area contributed by atoms with Crippen LogP contribution in [0.2, 0.25) is 10.0 Å². The molecule has 14 heavy (non-hydrogen) atoms.